The first-order chi connectivity index (χ1) is 11.2. The van der Waals surface area contributed by atoms with Crippen LogP contribution in [-0.2, 0) is 11.3 Å². The molecular formula is C17H23N3O3. The van der Waals surface area contributed by atoms with Crippen molar-refractivity contribution in [1.82, 2.24) is 14.5 Å². The standard InChI is InChI=1S/C17H23N3O3/c1-3-19(15-11-23-12-16(15)21)10-17-18-8-9-20(17)13-4-6-14(22-2)7-5-13/h4-9,15-16,21H,3,10-12H2,1-2H3/t15-,16-/m0/s1. The van der Waals surface area contributed by atoms with E-state index < -0.39 is 6.10 Å². The van der Waals surface area contributed by atoms with Crippen LogP contribution in [0.4, 0.5) is 0 Å². The molecule has 1 saturated heterocycles. The summed E-state index contributed by atoms with van der Waals surface area (Å²) in [6, 6.07) is 7.92. The molecule has 0 amide bonds. The summed E-state index contributed by atoms with van der Waals surface area (Å²) in [5, 5.41) is 10.1. The van der Waals surface area contributed by atoms with Gasteiger partial charge in [0.05, 0.1) is 39.0 Å². The van der Waals surface area contributed by atoms with Gasteiger partial charge in [-0.15, -0.1) is 0 Å². The van der Waals surface area contributed by atoms with Crippen LogP contribution in [0.25, 0.3) is 5.69 Å². The minimum Gasteiger partial charge on any atom is -0.497 e. The third kappa shape index (κ3) is 3.39. The minimum absolute atomic E-state index is 0.0287. The highest BCUT2D eigenvalue weighted by atomic mass is 16.5. The summed E-state index contributed by atoms with van der Waals surface area (Å²) >= 11 is 0. The van der Waals surface area contributed by atoms with E-state index in [9.17, 15) is 5.11 Å². The van der Waals surface area contributed by atoms with Crippen molar-refractivity contribution in [3.8, 4) is 11.4 Å². The predicted octanol–water partition coefficient (Wildman–Crippen LogP) is 1.46. The van der Waals surface area contributed by atoms with Gasteiger partial charge in [-0.1, -0.05) is 6.92 Å². The number of rotatable bonds is 6. The third-order valence-electron chi connectivity index (χ3n) is 4.31. The summed E-state index contributed by atoms with van der Waals surface area (Å²) in [5.74, 6) is 1.77. The molecule has 23 heavy (non-hydrogen) atoms. The molecule has 1 N–H and O–H groups in total. The number of aromatic nitrogens is 2. The Kier molecular flexibility index (Phi) is 4.95. The van der Waals surface area contributed by atoms with Crippen molar-refractivity contribution in [2.75, 3.05) is 26.9 Å². The maximum absolute atomic E-state index is 10.1. The lowest BCUT2D eigenvalue weighted by Crippen LogP contribution is -2.42. The van der Waals surface area contributed by atoms with Gasteiger partial charge in [-0.2, -0.15) is 0 Å². The average molecular weight is 317 g/mol. The van der Waals surface area contributed by atoms with Crippen LogP contribution < -0.4 is 4.74 Å². The summed E-state index contributed by atoms with van der Waals surface area (Å²) in [6.45, 7) is 4.57. The molecular weight excluding hydrogens is 294 g/mol. The van der Waals surface area contributed by atoms with Gasteiger partial charge < -0.3 is 19.1 Å². The second-order valence-electron chi connectivity index (χ2n) is 5.65. The van der Waals surface area contributed by atoms with Gasteiger partial charge in [-0.25, -0.2) is 4.98 Å². The van der Waals surface area contributed by atoms with Crippen LogP contribution in [0.15, 0.2) is 36.7 Å². The molecule has 0 spiro atoms. The average Bonchev–Trinajstić information content (AvgIpc) is 3.21. The lowest BCUT2D eigenvalue weighted by atomic mass is 10.2. The number of hydrogen-bond acceptors (Lipinski definition) is 5. The molecule has 1 aromatic carbocycles. The molecule has 2 heterocycles. The van der Waals surface area contributed by atoms with Crippen molar-refractivity contribution in [3.05, 3.63) is 42.5 Å². The molecule has 6 nitrogen and oxygen atoms in total. The van der Waals surface area contributed by atoms with Crippen LogP contribution in [0.1, 0.15) is 12.7 Å². The van der Waals surface area contributed by atoms with Gasteiger partial charge in [0, 0.05) is 18.1 Å². The van der Waals surface area contributed by atoms with Gasteiger partial charge in [-0.05, 0) is 30.8 Å². The van der Waals surface area contributed by atoms with Gasteiger partial charge >= 0.3 is 0 Å². The van der Waals surface area contributed by atoms with Gasteiger partial charge in [-0.3, -0.25) is 4.90 Å². The SMILES string of the molecule is CCN(Cc1nccn1-c1ccc(OC)cc1)[C@H]1COC[C@@H]1O. The Bertz CT molecular complexity index is 626. The molecule has 0 bridgehead atoms. The Morgan fingerprint density at radius 1 is 1.35 bits per heavy atom. The van der Waals surface area contributed by atoms with E-state index in [1.807, 2.05) is 30.5 Å². The molecule has 3 rings (SSSR count). The normalized spacial score (nSPS) is 21.0. The van der Waals surface area contributed by atoms with E-state index in [2.05, 4.69) is 21.4 Å². The lowest BCUT2D eigenvalue weighted by Gasteiger charge is -2.28. The number of methoxy groups -OCH3 is 1. The van der Waals surface area contributed by atoms with Crippen molar-refractivity contribution in [3.63, 3.8) is 0 Å². The highest BCUT2D eigenvalue weighted by molar-refractivity contribution is 5.38. The number of imidazole rings is 1. The van der Waals surface area contributed by atoms with Crippen molar-refractivity contribution in [2.24, 2.45) is 0 Å². The number of aliphatic hydroxyl groups excluding tert-OH is 1. The highest BCUT2D eigenvalue weighted by Gasteiger charge is 2.31. The van der Waals surface area contributed by atoms with Crippen LogP contribution in [0.2, 0.25) is 0 Å². The Hall–Kier alpha value is -1.89. The van der Waals surface area contributed by atoms with Crippen molar-refractivity contribution >= 4 is 0 Å². The maximum atomic E-state index is 10.1. The van der Waals surface area contributed by atoms with E-state index in [1.165, 1.54) is 0 Å². The molecule has 124 valence electrons. The van der Waals surface area contributed by atoms with Crippen molar-refractivity contribution < 1.29 is 14.6 Å². The van der Waals surface area contributed by atoms with Gasteiger partial charge in [0.25, 0.3) is 0 Å². The second kappa shape index (κ2) is 7.12. The Balaban J connectivity index is 1.79. The number of hydrogen-bond donors (Lipinski definition) is 1. The lowest BCUT2D eigenvalue weighted by molar-refractivity contribution is 0.0791. The fourth-order valence-corrected chi connectivity index (χ4v) is 2.95. The molecule has 2 aromatic rings. The van der Waals surface area contributed by atoms with E-state index in [0.717, 1.165) is 23.8 Å². The van der Waals surface area contributed by atoms with Crippen molar-refractivity contribution in [2.45, 2.75) is 25.6 Å². The first-order valence-electron chi connectivity index (χ1n) is 7.89. The number of likely N-dealkylation sites (N-methyl/N-ethyl adjacent to an activating group) is 1. The van der Waals surface area contributed by atoms with E-state index in [0.29, 0.717) is 19.8 Å². The fourth-order valence-electron chi connectivity index (χ4n) is 2.95. The van der Waals surface area contributed by atoms with Gasteiger partial charge in [0.2, 0.25) is 0 Å². The molecule has 0 unspecified atom stereocenters. The summed E-state index contributed by atoms with van der Waals surface area (Å²) in [6.07, 6.45) is 3.32. The first-order valence-corrected chi connectivity index (χ1v) is 7.89. The molecule has 1 aromatic heterocycles. The van der Waals surface area contributed by atoms with Crippen LogP contribution in [0.5, 0.6) is 5.75 Å². The zero-order valence-corrected chi connectivity index (χ0v) is 13.6. The summed E-state index contributed by atoms with van der Waals surface area (Å²) < 4.78 is 12.6. The van der Waals surface area contributed by atoms with E-state index >= 15 is 0 Å². The van der Waals surface area contributed by atoms with Gasteiger partial charge in [0.1, 0.15) is 11.6 Å². The topological polar surface area (TPSA) is 59.8 Å². The van der Waals surface area contributed by atoms with E-state index in [4.69, 9.17) is 9.47 Å². The largest absolute Gasteiger partial charge is 0.497 e. The molecule has 0 saturated carbocycles. The van der Waals surface area contributed by atoms with Crippen LogP contribution in [-0.4, -0.2) is 58.6 Å². The Morgan fingerprint density at radius 2 is 2.13 bits per heavy atom. The quantitative estimate of drug-likeness (QED) is 0.874. The van der Waals surface area contributed by atoms with Gasteiger partial charge in [0.15, 0.2) is 0 Å². The zero-order valence-electron chi connectivity index (χ0n) is 13.6. The number of benzene rings is 1. The third-order valence-corrected chi connectivity index (χ3v) is 4.31. The second-order valence-corrected chi connectivity index (χ2v) is 5.65. The van der Waals surface area contributed by atoms with Crippen LogP contribution in [0, 0.1) is 0 Å². The number of nitrogens with zero attached hydrogens (tertiary/aromatic N) is 3. The van der Waals surface area contributed by atoms with Crippen LogP contribution in [0.3, 0.4) is 0 Å². The van der Waals surface area contributed by atoms with Crippen molar-refractivity contribution in [1.29, 1.82) is 0 Å². The number of ether oxygens (including phenoxy) is 2. The predicted molar refractivity (Wildman–Crippen MR) is 86.8 cm³/mol. The smallest absolute Gasteiger partial charge is 0.127 e. The molecule has 6 heteroatoms. The molecule has 1 fully saturated rings. The number of aliphatic hydroxyl groups is 1. The highest BCUT2D eigenvalue weighted by Crippen LogP contribution is 2.19. The van der Waals surface area contributed by atoms with E-state index in [-0.39, 0.29) is 6.04 Å². The maximum Gasteiger partial charge on any atom is 0.127 e. The zero-order chi connectivity index (χ0) is 16.2. The molecule has 0 aliphatic carbocycles. The molecule has 1 aliphatic rings. The fraction of sp³-hybridized carbons (Fsp3) is 0.471. The summed E-state index contributed by atoms with van der Waals surface area (Å²) in [4.78, 5) is 6.70. The molecule has 0 radical (unpaired) electrons. The summed E-state index contributed by atoms with van der Waals surface area (Å²) in [5.41, 5.74) is 1.04. The molecule has 2 atom stereocenters. The monoisotopic (exact) mass is 317 g/mol. The molecule has 1 aliphatic heterocycles. The van der Waals surface area contributed by atoms with Crippen LogP contribution >= 0.6 is 0 Å². The first kappa shape index (κ1) is 16.0. The summed E-state index contributed by atoms with van der Waals surface area (Å²) in [7, 11) is 1.66. The minimum atomic E-state index is -0.431. The Labute approximate surface area is 136 Å². The Morgan fingerprint density at radius 3 is 2.74 bits per heavy atom. The van der Waals surface area contributed by atoms with E-state index in [1.54, 1.807) is 13.3 Å².